The topological polar surface area (TPSA) is 69.7 Å². The van der Waals surface area contributed by atoms with Gasteiger partial charge >= 0.3 is 0 Å². The monoisotopic (exact) mass is 445 g/mol. The minimum Gasteiger partial charge on any atom is -0.353 e. The highest BCUT2D eigenvalue weighted by molar-refractivity contribution is 6.00. The third-order valence-electron chi connectivity index (χ3n) is 7.32. The first-order chi connectivity index (χ1) is 16.0. The van der Waals surface area contributed by atoms with E-state index in [-0.39, 0.29) is 36.1 Å². The van der Waals surface area contributed by atoms with Crippen LogP contribution in [-0.2, 0) is 22.4 Å². The lowest BCUT2D eigenvalue weighted by molar-refractivity contribution is -0.127. The van der Waals surface area contributed by atoms with Crippen LogP contribution in [0.3, 0.4) is 0 Å². The van der Waals surface area contributed by atoms with E-state index in [9.17, 15) is 14.4 Å². The van der Waals surface area contributed by atoms with E-state index in [1.807, 2.05) is 42.2 Å². The third kappa shape index (κ3) is 4.52. The number of carbonyl (C=O) groups is 3. The summed E-state index contributed by atoms with van der Waals surface area (Å²) in [4.78, 5) is 41.9. The highest BCUT2D eigenvalue weighted by Crippen LogP contribution is 2.30. The number of hydrogen-bond acceptors (Lipinski definition) is 3. The Morgan fingerprint density at radius 1 is 0.970 bits per heavy atom. The average Bonchev–Trinajstić information content (AvgIpc) is 3.45. The molecular formula is C27H31N3O3. The fraction of sp³-hybridized carbons (Fsp3) is 0.444. The van der Waals surface area contributed by atoms with E-state index >= 15 is 0 Å². The van der Waals surface area contributed by atoms with Crippen molar-refractivity contribution in [1.82, 2.24) is 10.2 Å². The van der Waals surface area contributed by atoms with Gasteiger partial charge in [-0.3, -0.25) is 14.4 Å². The molecule has 172 valence electrons. The van der Waals surface area contributed by atoms with Gasteiger partial charge in [0.05, 0.1) is 5.92 Å². The molecule has 0 aromatic heterocycles. The van der Waals surface area contributed by atoms with Gasteiger partial charge in [0.1, 0.15) is 0 Å². The molecule has 1 aliphatic carbocycles. The van der Waals surface area contributed by atoms with Crippen LogP contribution < -0.4 is 10.2 Å². The van der Waals surface area contributed by atoms with E-state index in [0.717, 1.165) is 36.9 Å². The zero-order valence-corrected chi connectivity index (χ0v) is 19.2. The molecule has 0 saturated carbocycles. The molecule has 1 unspecified atom stereocenters. The zero-order chi connectivity index (χ0) is 22.9. The van der Waals surface area contributed by atoms with Crippen molar-refractivity contribution in [2.24, 2.45) is 5.92 Å². The summed E-state index contributed by atoms with van der Waals surface area (Å²) < 4.78 is 0. The van der Waals surface area contributed by atoms with Crippen molar-refractivity contribution in [3.8, 4) is 0 Å². The number of nitrogens with zero attached hydrogens (tertiary/aromatic N) is 2. The lowest BCUT2D eigenvalue weighted by Crippen LogP contribution is -2.48. The Kier molecular flexibility index (Phi) is 5.92. The molecule has 3 amide bonds. The normalized spacial score (nSPS) is 20.8. The number of hydrogen-bond donors (Lipinski definition) is 1. The van der Waals surface area contributed by atoms with Gasteiger partial charge in [-0.05, 0) is 74.4 Å². The van der Waals surface area contributed by atoms with Crippen LogP contribution in [0.4, 0.5) is 5.69 Å². The van der Waals surface area contributed by atoms with Gasteiger partial charge in [-0.25, -0.2) is 0 Å². The second-order valence-corrected chi connectivity index (χ2v) is 9.65. The molecule has 1 atom stereocenters. The number of anilines is 1. The molecule has 6 nitrogen and oxygen atoms in total. The average molecular weight is 446 g/mol. The molecule has 0 spiro atoms. The number of amides is 3. The summed E-state index contributed by atoms with van der Waals surface area (Å²) >= 11 is 0. The van der Waals surface area contributed by atoms with Gasteiger partial charge < -0.3 is 15.1 Å². The van der Waals surface area contributed by atoms with Crippen LogP contribution in [0, 0.1) is 12.8 Å². The van der Waals surface area contributed by atoms with Crippen LogP contribution in [0.1, 0.15) is 52.7 Å². The van der Waals surface area contributed by atoms with Crippen LogP contribution in [0.25, 0.3) is 0 Å². The zero-order valence-electron chi connectivity index (χ0n) is 19.2. The van der Waals surface area contributed by atoms with E-state index in [2.05, 4.69) is 17.4 Å². The van der Waals surface area contributed by atoms with Gasteiger partial charge in [0.2, 0.25) is 11.8 Å². The van der Waals surface area contributed by atoms with Gasteiger partial charge in [-0.15, -0.1) is 0 Å². The van der Waals surface area contributed by atoms with Gasteiger partial charge in [0, 0.05) is 43.3 Å². The van der Waals surface area contributed by atoms with E-state index < -0.39 is 0 Å². The van der Waals surface area contributed by atoms with E-state index in [4.69, 9.17) is 0 Å². The molecule has 2 fully saturated rings. The van der Waals surface area contributed by atoms with Crippen molar-refractivity contribution in [2.45, 2.75) is 51.5 Å². The van der Waals surface area contributed by atoms with Crippen LogP contribution in [0.2, 0.25) is 0 Å². The molecule has 2 heterocycles. The summed E-state index contributed by atoms with van der Waals surface area (Å²) in [5.74, 6) is -0.300. The Morgan fingerprint density at radius 2 is 1.70 bits per heavy atom. The Morgan fingerprint density at radius 3 is 2.45 bits per heavy atom. The maximum atomic E-state index is 12.9. The molecule has 5 rings (SSSR count). The van der Waals surface area contributed by atoms with Crippen molar-refractivity contribution in [2.75, 3.05) is 24.5 Å². The second-order valence-electron chi connectivity index (χ2n) is 9.65. The molecule has 2 aromatic rings. The molecule has 6 heteroatoms. The van der Waals surface area contributed by atoms with Crippen LogP contribution in [-0.4, -0.2) is 48.3 Å². The summed E-state index contributed by atoms with van der Waals surface area (Å²) in [6.45, 7) is 3.70. The number of benzene rings is 2. The minimum atomic E-state index is -0.321. The molecule has 0 radical (unpaired) electrons. The first-order valence-electron chi connectivity index (χ1n) is 12.1. The fourth-order valence-electron chi connectivity index (χ4n) is 5.28. The van der Waals surface area contributed by atoms with Crippen LogP contribution >= 0.6 is 0 Å². The van der Waals surface area contributed by atoms with E-state index in [0.29, 0.717) is 25.2 Å². The van der Waals surface area contributed by atoms with Gasteiger partial charge in [-0.1, -0.05) is 23.8 Å². The second kappa shape index (κ2) is 9.00. The number of nitrogens with one attached hydrogen (secondary N) is 1. The minimum absolute atomic E-state index is 0.0200. The molecule has 2 aromatic carbocycles. The van der Waals surface area contributed by atoms with Gasteiger partial charge in [0.25, 0.3) is 5.91 Å². The van der Waals surface area contributed by atoms with Gasteiger partial charge in [-0.2, -0.15) is 0 Å². The maximum Gasteiger partial charge on any atom is 0.253 e. The quantitative estimate of drug-likeness (QED) is 0.785. The predicted molar refractivity (Wildman–Crippen MR) is 127 cm³/mol. The summed E-state index contributed by atoms with van der Waals surface area (Å²) in [6, 6.07) is 14.0. The first kappa shape index (κ1) is 21.7. The molecule has 0 bridgehead atoms. The summed E-state index contributed by atoms with van der Waals surface area (Å²) in [6.07, 6.45) is 5.09. The SMILES string of the molecule is Cc1ccc(C(=O)N2CCC(NC(=O)C3CC(=O)N(c4ccc5c(c4)CCC5)C3)CC2)cc1. The number of piperidine rings is 1. The first-order valence-corrected chi connectivity index (χ1v) is 12.1. The van der Waals surface area contributed by atoms with Crippen molar-refractivity contribution < 1.29 is 14.4 Å². The molecule has 3 aliphatic rings. The maximum absolute atomic E-state index is 12.9. The van der Waals surface area contributed by atoms with Gasteiger partial charge in [0.15, 0.2) is 0 Å². The number of likely N-dealkylation sites (tertiary alicyclic amines) is 1. The highest BCUT2D eigenvalue weighted by Gasteiger charge is 2.36. The Balaban J connectivity index is 1.14. The van der Waals surface area contributed by atoms with Crippen molar-refractivity contribution >= 4 is 23.4 Å². The molecular weight excluding hydrogens is 414 g/mol. The Hall–Kier alpha value is -3.15. The largest absolute Gasteiger partial charge is 0.353 e. The smallest absolute Gasteiger partial charge is 0.253 e. The van der Waals surface area contributed by atoms with Crippen molar-refractivity contribution in [1.29, 1.82) is 0 Å². The number of aryl methyl sites for hydroxylation is 3. The summed E-state index contributed by atoms with van der Waals surface area (Å²) in [5.41, 5.74) is 5.47. The summed E-state index contributed by atoms with van der Waals surface area (Å²) in [7, 11) is 0. The number of carbonyl (C=O) groups excluding carboxylic acids is 3. The van der Waals surface area contributed by atoms with Crippen molar-refractivity contribution in [3.63, 3.8) is 0 Å². The number of rotatable bonds is 4. The lowest BCUT2D eigenvalue weighted by Gasteiger charge is -2.33. The van der Waals surface area contributed by atoms with Crippen molar-refractivity contribution in [3.05, 3.63) is 64.7 Å². The number of fused-ring (bicyclic) bond motifs is 1. The molecule has 2 saturated heterocycles. The predicted octanol–water partition coefficient (Wildman–Crippen LogP) is 3.26. The van der Waals surface area contributed by atoms with E-state index in [1.165, 1.54) is 17.5 Å². The molecule has 33 heavy (non-hydrogen) atoms. The summed E-state index contributed by atoms with van der Waals surface area (Å²) in [5, 5.41) is 3.15. The van der Waals surface area contributed by atoms with E-state index in [1.54, 1.807) is 4.90 Å². The highest BCUT2D eigenvalue weighted by atomic mass is 16.2. The Bertz CT molecular complexity index is 1070. The fourth-order valence-corrected chi connectivity index (χ4v) is 5.28. The molecule has 2 aliphatic heterocycles. The standard InChI is InChI=1S/C27H31N3O3/c1-18-5-7-20(8-6-18)27(33)29-13-11-23(12-14-29)28-26(32)22-16-25(31)30(17-22)24-10-9-19-3-2-4-21(19)15-24/h5-10,15,22-23H,2-4,11-14,16-17H2,1H3,(H,28,32). The molecule has 1 N–H and O–H groups in total. The third-order valence-corrected chi connectivity index (χ3v) is 7.32. The lowest BCUT2D eigenvalue weighted by atomic mass is 10.0. The Labute approximate surface area is 194 Å². The van der Waals surface area contributed by atoms with Crippen LogP contribution in [0.5, 0.6) is 0 Å². The van der Waals surface area contributed by atoms with Crippen LogP contribution in [0.15, 0.2) is 42.5 Å².